The topological polar surface area (TPSA) is 52.6 Å². The first kappa shape index (κ1) is 18.4. The van der Waals surface area contributed by atoms with Crippen molar-refractivity contribution >= 4 is 23.2 Å². The normalized spacial score (nSPS) is 10.8. The van der Waals surface area contributed by atoms with Crippen LogP contribution in [-0.4, -0.2) is 35.6 Å². The Labute approximate surface area is 145 Å². The Bertz CT molecular complexity index is 682. The maximum Gasteiger partial charge on any atom is 0.225 e. The molecule has 2 N–H and O–H groups in total. The van der Waals surface area contributed by atoms with Gasteiger partial charge in [-0.15, -0.1) is 0 Å². The Morgan fingerprint density at radius 2 is 1.96 bits per heavy atom. The molecule has 0 saturated heterocycles. The summed E-state index contributed by atoms with van der Waals surface area (Å²) in [5.74, 6) is -0.592. The van der Waals surface area contributed by atoms with Crippen LogP contribution < -0.4 is 5.32 Å². The van der Waals surface area contributed by atoms with Gasteiger partial charge in [0.15, 0.2) is 0 Å². The van der Waals surface area contributed by atoms with Crippen molar-refractivity contribution in [1.82, 2.24) is 4.90 Å². The predicted octanol–water partition coefficient (Wildman–Crippen LogP) is 3.30. The highest BCUT2D eigenvalue weighted by atomic mass is 35.5. The number of halogens is 2. The van der Waals surface area contributed by atoms with Gasteiger partial charge in [-0.3, -0.25) is 9.69 Å². The molecule has 0 aromatic heterocycles. The number of nitrogens with zero attached hydrogens (tertiary/aromatic N) is 1. The standard InChI is InChI=1S/C18H20ClFN2O2/c19-15-4-1-3-14(11-15)13-22(9-10-23)8-7-18(24)21-17-6-2-5-16(20)12-17/h1-6,11-12,23H,7-10,13H2,(H,21,24). The summed E-state index contributed by atoms with van der Waals surface area (Å²) < 4.78 is 13.1. The zero-order valence-electron chi connectivity index (χ0n) is 13.2. The highest BCUT2D eigenvalue weighted by Crippen LogP contribution is 2.13. The SMILES string of the molecule is O=C(CCN(CCO)Cc1cccc(Cl)c1)Nc1cccc(F)c1. The number of nitrogens with one attached hydrogen (secondary N) is 1. The second kappa shape index (κ2) is 9.37. The molecule has 0 atom stereocenters. The van der Waals surface area contributed by atoms with E-state index in [4.69, 9.17) is 11.6 Å². The molecule has 4 nitrogen and oxygen atoms in total. The number of amides is 1. The number of aliphatic hydroxyl groups excluding tert-OH is 1. The summed E-state index contributed by atoms with van der Waals surface area (Å²) in [7, 11) is 0. The number of hydrogen-bond donors (Lipinski definition) is 2. The Kier molecular flexibility index (Phi) is 7.18. The number of rotatable bonds is 8. The summed E-state index contributed by atoms with van der Waals surface area (Å²) in [6.07, 6.45) is 0.247. The zero-order valence-corrected chi connectivity index (χ0v) is 14.0. The smallest absolute Gasteiger partial charge is 0.225 e. The number of anilines is 1. The monoisotopic (exact) mass is 350 g/mol. The highest BCUT2D eigenvalue weighted by Gasteiger charge is 2.10. The number of aliphatic hydroxyl groups is 1. The average Bonchev–Trinajstić information content (AvgIpc) is 2.53. The van der Waals surface area contributed by atoms with Crippen molar-refractivity contribution in [2.24, 2.45) is 0 Å². The van der Waals surface area contributed by atoms with Gasteiger partial charge in [0.2, 0.25) is 5.91 Å². The van der Waals surface area contributed by atoms with Gasteiger partial charge in [0.25, 0.3) is 0 Å². The molecule has 2 aromatic carbocycles. The van der Waals surface area contributed by atoms with Gasteiger partial charge in [-0.05, 0) is 35.9 Å². The van der Waals surface area contributed by atoms with E-state index in [1.807, 2.05) is 23.1 Å². The van der Waals surface area contributed by atoms with Crippen LogP contribution in [0.2, 0.25) is 5.02 Å². The Morgan fingerprint density at radius 3 is 2.67 bits per heavy atom. The lowest BCUT2D eigenvalue weighted by atomic mass is 10.2. The van der Waals surface area contributed by atoms with Gasteiger partial charge in [0.05, 0.1) is 6.61 Å². The minimum absolute atomic E-state index is 0.00603. The molecule has 2 rings (SSSR count). The van der Waals surface area contributed by atoms with E-state index in [1.54, 1.807) is 18.2 Å². The van der Waals surface area contributed by atoms with Crippen LogP contribution >= 0.6 is 11.6 Å². The number of carbonyl (C=O) groups is 1. The lowest BCUT2D eigenvalue weighted by Crippen LogP contribution is -2.30. The molecular formula is C18H20ClFN2O2. The lowest BCUT2D eigenvalue weighted by molar-refractivity contribution is -0.116. The second-order valence-corrected chi connectivity index (χ2v) is 5.87. The van der Waals surface area contributed by atoms with E-state index in [9.17, 15) is 14.3 Å². The first-order valence-corrected chi connectivity index (χ1v) is 8.07. The van der Waals surface area contributed by atoms with Crippen molar-refractivity contribution in [2.45, 2.75) is 13.0 Å². The van der Waals surface area contributed by atoms with Crippen LogP contribution in [0.5, 0.6) is 0 Å². The number of hydrogen-bond acceptors (Lipinski definition) is 3. The number of benzene rings is 2. The van der Waals surface area contributed by atoms with Crippen molar-refractivity contribution in [3.63, 3.8) is 0 Å². The molecule has 1 amide bonds. The molecular weight excluding hydrogens is 331 g/mol. The maximum atomic E-state index is 13.1. The van der Waals surface area contributed by atoms with E-state index >= 15 is 0 Å². The molecule has 0 saturated carbocycles. The Hall–Kier alpha value is -1.95. The first-order valence-electron chi connectivity index (χ1n) is 7.70. The minimum Gasteiger partial charge on any atom is -0.395 e. The third-order valence-corrected chi connectivity index (χ3v) is 3.71. The molecule has 0 radical (unpaired) electrons. The second-order valence-electron chi connectivity index (χ2n) is 5.44. The summed E-state index contributed by atoms with van der Waals surface area (Å²) in [6.45, 7) is 1.54. The van der Waals surface area contributed by atoms with Gasteiger partial charge in [0, 0.05) is 36.8 Å². The van der Waals surface area contributed by atoms with E-state index in [2.05, 4.69) is 5.32 Å². The van der Waals surface area contributed by atoms with E-state index in [0.717, 1.165) is 5.56 Å². The Morgan fingerprint density at radius 1 is 1.17 bits per heavy atom. The summed E-state index contributed by atoms with van der Waals surface area (Å²) >= 11 is 5.97. The van der Waals surface area contributed by atoms with E-state index in [1.165, 1.54) is 12.1 Å². The van der Waals surface area contributed by atoms with Crippen LogP contribution in [0.25, 0.3) is 0 Å². The molecule has 0 aliphatic carbocycles. The summed E-state index contributed by atoms with van der Waals surface area (Å²) in [6, 6.07) is 13.3. The largest absolute Gasteiger partial charge is 0.395 e. The van der Waals surface area contributed by atoms with Crippen molar-refractivity contribution in [1.29, 1.82) is 0 Å². The van der Waals surface area contributed by atoms with Crippen LogP contribution in [0.1, 0.15) is 12.0 Å². The van der Waals surface area contributed by atoms with Crippen LogP contribution in [0.3, 0.4) is 0 Å². The average molecular weight is 351 g/mol. The van der Waals surface area contributed by atoms with Crippen molar-refractivity contribution in [3.05, 3.63) is 64.9 Å². The summed E-state index contributed by atoms with van der Waals surface area (Å²) in [5, 5.41) is 12.5. The molecule has 0 aliphatic heterocycles. The zero-order chi connectivity index (χ0) is 17.4. The van der Waals surface area contributed by atoms with Crippen LogP contribution in [-0.2, 0) is 11.3 Å². The van der Waals surface area contributed by atoms with Crippen LogP contribution in [0.15, 0.2) is 48.5 Å². The van der Waals surface area contributed by atoms with Gasteiger partial charge in [-0.1, -0.05) is 29.8 Å². The molecule has 0 spiro atoms. The number of carbonyl (C=O) groups excluding carboxylic acids is 1. The van der Waals surface area contributed by atoms with E-state index in [0.29, 0.717) is 30.3 Å². The van der Waals surface area contributed by atoms with Gasteiger partial charge >= 0.3 is 0 Å². The molecule has 0 bridgehead atoms. The summed E-state index contributed by atoms with van der Waals surface area (Å²) in [5.41, 5.74) is 1.45. The van der Waals surface area contributed by atoms with Gasteiger partial charge in [-0.25, -0.2) is 4.39 Å². The fourth-order valence-corrected chi connectivity index (χ4v) is 2.57. The molecule has 0 fully saturated rings. The van der Waals surface area contributed by atoms with Crippen molar-refractivity contribution in [3.8, 4) is 0 Å². The van der Waals surface area contributed by atoms with Crippen molar-refractivity contribution < 1.29 is 14.3 Å². The summed E-state index contributed by atoms with van der Waals surface area (Å²) in [4.78, 5) is 14.0. The minimum atomic E-state index is -0.393. The fourth-order valence-electron chi connectivity index (χ4n) is 2.35. The molecule has 24 heavy (non-hydrogen) atoms. The van der Waals surface area contributed by atoms with E-state index in [-0.39, 0.29) is 18.9 Å². The molecule has 0 unspecified atom stereocenters. The highest BCUT2D eigenvalue weighted by molar-refractivity contribution is 6.30. The third-order valence-electron chi connectivity index (χ3n) is 3.47. The predicted molar refractivity (Wildman–Crippen MR) is 93.5 cm³/mol. The lowest BCUT2D eigenvalue weighted by Gasteiger charge is -2.21. The van der Waals surface area contributed by atoms with Crippen LogP contribution in [0.4, 0.5) is 10.1 Å². The van der Waals surface area contributed by atoms with Gasteiger partial charge < -0.3 is 10.4 Å². The van der Waals surface area contributed by atoms with Gasteiger partial charge in [0.1, 0.15) is 5.82 Å². The third kappa shape index (κ3) is 6.28. The van der Waals surface area contributed by atoms with Crippen LogP contribution in [0, 0.1) is 5.82 Å². The molecule has 0 heterocycles. The van der Waals surface area contributed by atoms with Gasteiger partial charge in [-0.2, -0.15) is 0 Å². The van der Waals surface area contributed by atoms with E-state index < -0.39 is 5.82 Å². The first-order chi connectivity index (χ1) is 11.6. The maximum absolute atomic E-state index is 13.1. The molecule has 2 aromatic rings. The molecule has 6 heteroatoms. The van der Waals surface area contributed by atoms with Crippen molar-refractivity contribution in [2.75, 3.05) is 25.0 Å². The molecule has 0 aliphatic rings. The molecule has 128 valence electrons. The quantitative estimate of drug-likeness (QED) is 0.768. The Balaban J connectivity index is 1.87. The fraction of sp³-hybridized carbons (Fsp3) is 0.278.